The van der Waals surface area contributed by atoms with Crippen molar-refractivity contribution in [2.24, 2.45) is 5.92 Å². The summed E-state index contributed by atoms with van der Waals surface area (Å²) in [7, 11) is 0. The van der Waals surface area contributed by atoms with Gasteiger partial charge >= 0.3 is 0 Å². The predicted molar refractivity (Wildman–Crippen MR) is 77.9 cm³/mol. The average Bonchev–Trinajstić information content (AvgIpc) is 3.23. The van der Waals surface area contributed by atoms with E-state index in [4.69, 9.17) is 0 Å². The van der Waals surface area contributed by atoms with E-state index in [0.29, 0.717) is 11.6 Å². The molecule has 19 heavy (non-hydrogen) atoms. The lowest BCUT2D eigenvalue weighted by Gasteiger charge is -2.36. The van der Waals surface area contributed by atoms with E-state index in [1.807, 2.05) is 12.4 Å². The van der Waals surface area contributed by atoms with E-state index in [1.165, 1.54) is 31.4 Å². The summed E-state index contributed by atoms with van der Waals surface area (Å²) in [6, 6.07) is 4.93. The van der Waals surface area contributed by atoms with Gasteiger partial charge in [0.05, 0.1) is 0 Å². The molecule has 104 valence electrons. The zero-order valence-corrected chi connectivity index (χ0v) is 12.1. The molecule has 2 aliphatic rings. The van der Waals surface area contributed by atoms with E-state index in [1.54, 1.807) is 0 Å². The van der Waals surface area contributed by atoms with Crippen molar-refractivity contribution < 1.29 is 0 Å². The van der Waals surface area contributed by atoms with Gasteiger partial charge in [0.1, 0.15) is 0 Å². The maximum atomic E-state index is 4.11. The Morgan fingerprint density at radius 3 is 2.74 bits per heavy atom. The summed E-state index contributed by atoms with van der Waals surface area (Å²) in [4.78, 5) is 6.76. The normalized spacial score (nSPS) is 33.1. The molecular weight excluding hydrogens is 234 g/mol. The van der Waals surface area contributed by atoms with Crippen molar-refractivity contribution in [2.45, 2.75) is 51.2 Å². The summed E-state index contributed by atoms with van der Waals surface area (Å²) in [6.45, 7) is 8.15. The van der Waals surface area contributed by atoms with Crippen molar-refractivity contribution in [1.29, 1.82) is 0 Å². The fraction of sp³-hybridized carbons (Fsp3) is 0.688. The smallest absolute Gasteiger partial charge is 0.0308 e. The van der Waals surface area contributed by atoms with Crippen molar-refractivity contribution in [3.8, 4) is 0 Å². The molecule has 1 saturated heterocycles. The second-order valence-electron chi connectivity index (χ2n) is 6.52. The van der Waals surface area contributed by atoms with Crippen LogP contribution < -0.4 is 5.32 Å². The van der Waals surface area contributed by atoms with Gasteiger partial charge in [0.2, 0.25) is 0 Å². The van der Waals surface area contributed by atoms with Crippen LogP contribution in [0.2, 0.25) is 0 Å². The third-order valence-electron chi connectivity index (χ3n) is 4.86. The minimum Gasteiger partial charge on any atom is -0.310 e. The third-order valence-corrected chi connectivity index (χ3v) is 4.86. The van der Waals surface area contributed by atoms with Crippen LogP contribution in [0.3, 0.4) is 0 Å². The lowest BCUT2D eigenvalue weighted by atomic mass is 9.95. The van der Waals surface area contributed by atoms with Gasteiger partial charge in [0.15, 0.2) is 0 Å². The van der Waals surface area contributed by atoms with Crippen LogP contribution >= 0.6 is 0 Å². The number of hydrogen-bond donors (Lipinski definition) is 1. The highest BCUT2D eigenvalue weighted by Gasteiger charge is 2.43. The lowest BCUT2D eigenvalue weighted by Crippen LogP contribution is -2.51. The number of rotatable bonds is 3. The number of nitrogens with one attached hydrogen (secondary N) is 1. The van der Waals surface area contributed by atoms with Crippen LogP contribution in [-0.4, -0.2) is 34.6 Å². The summed E-state index contributed by atoms with van der Waals surface area (Å²) in [5.41, 5.74) is 1.69. The van der Waals surface area contributed by atoms with Crippen LogP contribution in [0.15, 0.2) is 24.5 Å². The first-order valence-electron chi connectivity index (χ1n) is 7.55. The predicted octanol–water partition coefficient (Wildman–Crippen LogP) is 2.43. The van der Waals surface area contributed by atoms with E-state index in [0.717, 1.165) is 19.0 Å². The Hall–Kier alpha value is -0.930. The maximum Gasteiger partial charge on any atom is 0.0308 e. The van der Waals surface area contributed by atoms with Gasteiger partial charge in [-0.3, -0.25) is 9.88 Å². The molecular formula is C16H25N3. The summed E-state index contributed by atoms with van der Waals surface area (Å²) in [5, 5.41) is 3.81. The monoisotopic (exact) mass is 259 g/mol. The highest BCUT2D eigenvalue weighted by atomic mass is 15.2. The molecule has 2 atom stereocenters. The molecule has 2 fully saturated rings. The van der Waals surface area contributed by atoms with E-state index in [2.05, 4.69) is 41.2 Å². The van der Waals surface area contributed by atoms with Gasteiger partial charge in [-0.15, -0.1) is 0 Å². The molecule has 2 unspecified atom stereocenters. The fourth-order valence-electron chi connectivity index (χ4n) is 3.31. The lowest BCUT2D eigenvalue weighted by molar-refractivity contribution is 0.155. The van der Waals surface area contributed by atoms with E-state index < -0.39 is 0 Å². The number of aromatic nitrogens is 1. The van der Waals surface area contributed by atoms with Crippen LogP contribution in [0.1, 0.15) is 38.7 Å². The molecule has 0 amide bonds. The van der Waals surface area contributed by atoms with Gasteiger partial charge in [-0.1, -0.05) is 0 Å². The van der Waals surface area contributed by atoms with Crippen LogP contribution in [-0.2, 0) is 6.54 Å². The molecule has 1 N–H and O–H groups in total. The standard InChI is InChI=1S/C16H25N3/c1-13-5-10-18-16(2,15-3-4-15)12-19(13)11-14-6-8-17-9-7-14/h6-9,13,15,18H,3-5,10-12H2,1-2H3. The van der Waals surface area contributed by atoms with Gasteiger partial charge in [0, 0.05) is 37.1 Å². The minimum absolute atomic E-state index is 0.317. The van der Waals surface area contributed by atoms with Gasteiger partial charge in [-0.05, 0) is 63.3 Å². The zero-order chi connectivity index (χ0) is 13.3. The molecule has 1 aromatic rings. The third kappa shape index (κ3) is 2.98. The molecule has 3 nitrogen and oxygen atoms in total. The summed E-state index contributed by atoms with van der Waals surface area (Å²) in [5.74, 6) is 0.887. The molecule has 0 radical (unpaired) electrons. The Labute approximate surface area is 116 Å². The van der Waals surface area contributed by atoms with Crippen molar-refractivity contribution in [2.75, 3.05) is 13.1 Å². The molecule has 0 spiro atoms. The number of hydrogen-bond acceptors (Lipinski definition) is 3. The Morgan fingerprint density at radius 2 is 2.05 bits per heavy atom. The molecule has 3 rings (SSSR count). The molecule has 0 aromatic carbocycles. The Bertz CT molecular complexity index is 415. The summed E-state index contributed by atoms with van der Waals surface area (Å²) < 4.78 is 0. The SMILES string of the molecule is CC1CCNC(C)(C2CC2)CN1Cc1ccncc1. The highest BCUT2D eigenvalue weighted by Crippen LogP contribution is 2.41. The molecule has 0 bridgehead atoms. The molecule has 2 heterocycles. The van der Waals surface area contributed by atoms with Crippen molar-refractivity contribution in [3.63, 3.8) is 0 Å². The van der Waals surface area contributed by atoms with Crippen molar-refractivity contribution in [1.82, 2.24) is 15.2 Å². The Morgan fingerprint density at radius 1 is 1.32 bits per heavy atom. The van der Waals surface area contributed by atoms with Crippen LogP contribution in [0.25, 0.3) is 0 Å². The van der Waals surface area contributed by atoms with Gasteiger partial charge in [-0.2, -0.15) is 0 Å². The molecule has 3 heteroatoms. The van der Waals surface area contributed by atoms with E-state index in [-0.39, 0.29) is 0 Å². The van der Waals surface area contributed by atoms with Gasteiger partial charge in [0.25, 0.3) is 0 Å². The maximum absolute atomic E-state index is 4.11. The van der Waals surface area contributed by atoms with Crippen LogP contribution in [0.5, 0.6) is 0 Å². The van der Waals surface area contributed by atoms with Crippen molar-refractivity contribution in [3.05, 3.63) is 30.1 Å². The van der Waals surface area contributed by atoms with E-state index in [9.17, 15) is 0 Å². The number of pyridine rings is 1. The molecule has 1 saturated carbocycles. The quantitative estimate of drug-likeness (QED) is 0.903. The first kappa shape index (κ1) is 13.1. The average molecular weight is 259 g/mol. The largest absolute Gasteiger partial charge is 0.310 e. The van der Waals surface area contributed by atoms with Crippen LogP contribution in [0, 0.1) is 5.92 Å². The van der Waals surface area contributed by atoms with Crippen LogP contribution in [0.4, 0.5) is 0 Å². The number of nitrogens with zero attached hydrogens (tertiary/aromatic N) is 2. The highest BCUT2D eigenvalue weighted by molar-refractivity contribution is 5.11. The first-order chi connectivity index (χ1) is 9.17. The topological polar surface area (TPSA) is 28.2 Å². The Kier molecular flexibility index (Phi) is 3.59. The van der Waals surface area contributed by atoms with Gasteiger partial charge < -0.3 is 5.32 Å². The first-order valence-corrected chi connectivity index (χ1v) is 7.55. The van der Waals surface area contributed by atoms with Crippen molar-refractivity contribution >= 4 is 0 Å². The Balaban J connectivity index is 1.73. The minimum atomic E-state index is 0.317. The second kappa shape index (κ2) is 5.22. The summed E-state index contributed by atoms with van der Waals surface area (Å²) in [6.07, 6.45) is 7.85. The molecule has 1 aromatic heterocycles. The van der Waals surface area contributed by atoms with E-state index >= 15 is 0 Å². The molecule has 1 aliphatic carbocycles. The molecule has 1 aliphatic heterocycles. The summed E-state index contributed by atoms with van der Waals surface area (Å²) >= 11 is 0. The fourth-order valence-corrected chi connectivity index (χ4v) is 3.31. The van der Waals surface area contributed by atoms with Gasteiger partial charge in [-0.25, -0.2) is 0 Å². The second-order valence-corrected chi connectivity index (χ2v) is 6.52. The zero-order valence-electron chi connectivity index (χ0n) is 12.1.